The van der Waals surface area contributed by atoms with Gasteiger partial charge in [0.05, 0.1) is 19.8 Å². The summed E-state index contributed by atoms with van der Waals surface area (Å²) < 4.78 is 7.43. The Labute approximate surface area is 187 Å². The number of anilines is 2. The zero-order chi connectivity index (χ0) is 21.9. The van der Waals surface area contributed by atoms with Crippen molar-refractivity contribution in [1.29, 1.82) is 0 Å². The maximum atomic E-state index is 13.4. The first-order valence-corrected chi connectivity index (χ1v) is 10.9. The molecule has 0 saturated carbocycles. The molecule has 2 aromatic carbocycles. The van der Waals surface area contributed by atoms with Crippen molar-refractivity contribution >= 4 is 23.1 Å². The quantitative estimate of drug-likeness (QED) is 0.608. The first kappa shape index (κ1) is 20.5. The molecule has 3 heterocycles. The highest BCUT2D eigenvalue weighted by atomic mass is 16.5. The van der Waals surface area contributed by atoms with Gasteiger partial charge in [-0.1, -0.05) is 18.2 Å². The summed E-state index contributed by atoms with van der Waals surface area (Å²) in [5.74, 6) is -0.0707. The van der Waals surface area contributed by atoms with Gasteiger partial charge in [0.1, 0.15) is 6.04 Å². The van der Waals surface area contributed by atoms with Crippen molar-refractivity contribution in [3.63, 3.8) is 0 Å². The Balaban J connectivity index is 1.30. The number of Topliss-reactive ketones (excluding diaryl/α,β-unsaturated/α-hetero) is 1. The van der Waals surface area contributed by atoms with Crippen LogP contribution in [0.4, 0.5) is 11.4 Å². The lowest BCUT2D eigenvalue weighted by Crippen LogP contribution is -2.41. The van der Waals surface area contributed by atoms with Crippen LogP contribution in [0, 0.1) is 0 Å². The molecule has 32 heavy (non-hydrogen) atoms. The highest BCUT2D eigenvalue weighted by Gasteiger charge is 2.28. The third-order valence-corrected chi connectivity index (χ3v) is 6.00. The third-order valence-electron chi connectivity index (χ3n) is 6.00. The molecular formula is C25H26N4O3. The van der Waals surface area contributed by atoms with E-state index in [0.29, 0.717) is 31.0 Å². The highest BCUT2D eigenvalue weighted by molar-refractivity contribution is 6.03. The van der Waals surface area contributed by atoms with Crippen LogP contribution in [0.3, 0.4) is 0 Å². The van der Waals surface area contributed by atoms with Gasteiger partial charge >= 0.3 is 0 Å². The van der Waals surface area contributed by atoms with Gasteiger partial charge in [-0.15, -0.1) is 0 Å². The standard InChI is InChI=1S/C25H26N4O3/c30-23(17-28-12-14-32-15-13-28)26-20-9-7-18(8-10-20)25(31)24-22-6-3-11-29(22)16-19-4-1-2-5-21(19)27-24/h1-11,24,27H,12-17H2,(H,26,30). The third kappa shape index (κ3) is 4.30. The number of nitrogens with one attached hydrogen (secondary N) is 2. The second-order valence-electron chi connectivity index (χ2n) is 8.17. The minimum absolute atomic E-state index is 0.00662. The fourth-order valence-electron chi connectivity index (χ4n) is 4.29. The van der Waals surface area contributed by atoms with Gasteiger partial charge < -0.3 is 19.9 Å². The normalized spacial score (nSPS) is 18.1. The molecule has 0 radical (unpaired) electrons. The maximum absolute atomic E-state index is 13.4. The molecule has 0 aliphatic carbocycles. The summed E-state index contributed by atoms with van der Waals surface area (Å²) in [7, 11) is 0. The van der Waals surface area contributed by atoms with Crippen LogP contribution in [-0.4, -0.2) is 54.0 Å². The number of nitrogens with zero attached hydrogens (tertiary/aromatic N) is 2. The molecule has 1 atom stereocenters. The minimum atomic E-state index is -0.476. The maximum Gasteiger partial charge on any atom is 0.238 e. The molecule has 0 spiro atoms. The van der Waals surface area contributed by atoms with Gasteiger partial charge in [0.2, 0.25) is 5.91 Å². The Morgan fingerprint density at radius 2 is 1.78 bits per heavy atom. The van der Waals surface area contributed by atoms with Crippen molar-refractivity contribution in [2.24, 2.45) is 0 Å². The van der Waals surface area contributed by atoms with E-state index in [1.165, 1.54) is 0 Å². The van der Waals surface area contributed by atoms with E-state index in [1.807, 2.05) is 36.5 Å². The zero-order valence-electron chi connectivity index (χ0n) is 17.8. The van der Waals surface area contributed by atoms with E-state index in [9.17, 15) is 9.59 Å². The van der Waals surface area contributed by atoms with E-state index in [4.69, 9.17) is 4.74 Å². The van der Waals surface area contributed by atoms with Crippen LogP contribution in [0.1, 0.15) is 27.7 Å². The number of benzene rings is 2. The fourth-order valence-corrected chi connectivity index (χ4v) is 4.29. The van der Waals surface area contributed by atoms with Crippen LogP contribution in [0.15, 0.2) is 66.9 Å². The number of fused-ring (bicyclic) bond motifs is 2. The van der Waals surface area contributed by atoms with Crippen molar-refractivity contribution in [1.82, 2.24) is 9.47 Å². The van der Waals surface area contributed by atoms with Gasteiger partial charge in [0.15, 0.2) is 5.78 Å². The van der Waals surface area contributed by atoms with Gasteiger partial charge in [-0.25, -0.2) is 0 Å². The van der Waals surface area contributed by atoms with E-state index >= 15 is 0 Å². The number of rotatable bonds is 5. The van der Waals surface area contributed by atoms with Crippen molar-refractivity contribution in [3.05, 3.63) is 83.7 Å². The zero-order valence-corrected chi connectivity index (χ0v) is 17.8. The molecule has 3 aromatic rings. The van der Waals surface area contributed by atoms with Gasteiger partial charge in [-0.3, -0.25) is 14.5 Å². The number of carbonyl (C=O) groups is 2. The molecule has 1 fully saturated rings. The molecule has 2 aliphatic heterocycles. The lowest BCUT2D eigenvalue weighted by molar-refractivity contribution is -0.118. The molecule has 2 N–H and O–H groups in total. The summed E-state index contributed by atoms with van der Waals surface area (Å²) >= 11 is 0. The Morgan fingerprint density at radius 1 is 1.00 bits per heavy atom. The average Bonchev–Trinajstić information content (AvgIpc) is 3.20. The number of morpholine rings is 1. The van der Waals surface area contributed by atoms with E-state index < -0.39 is 6.04 Å². The van der Waals surface area contributed by atoms with Crippen molar-refractivity contribution < 1.29 is 14.3 Å². The van der Waals surface area contributed by atoms with Gasteiger partial charge in [-0.05, 0) is 48.0 Å². The van der Waals surface area contributed by atoms with Crippen LogP contribution in [0.25, 0.3) is 0 Å². The van der Waals surface area contributed by atoms with E-state index in [1.54, 1.807) is 24.3 Å². The van der Waals surface area contributed by atoms with Gasteiger partial charge in [0, 0.05) is 48.5 Å². The molecule has 1 unspecified atom stereocenters. The first-order chi connectivity index (χ1) is 15.7. The van der Waals surface area contributed by atoms with Gasteiger partial charge in [0.25, 0.3) is 0 Å². The molecule has 1 saturated heterocycles. The summed E-state index contributed by atoms with van der Waals surface area (Å²) in [6.45, 7) is 3.91. The number of hydrogen-bond donors (Lipinski definition) is 2. The molecular weight excluding hydrogens is 404 g/mol. The molecule has 5 rings (SSSR count). The second kappa shape index (κ2) is 8.98. The number of ether oxygens (including phenoxy) is 1. The number of para-hydroxylation sites is 1. The largest absolute Gasteiger partial charge is 0.379 e. The fraction of sp³-hybridized carbons (Fsp3) is 0.280. The number of amides is 1. The molecule has 7 heteroatoms. The van der Waals surface area contributed by atoms with Gasteiger partial charge in [-0.2, -0.15) is 0 Å². The number of hydrogen-bond acceptors (Lipinski definition) is 5. The second-order valence-corrected chi connectivity index (χ2v) is 8.17. The smallest absolute Gasteiger partial charge is 0.238 e. The van der Waals surface area contributed by atoms with Crippen LogP contribution < -0.4 is 10.6 Å². The Kier molecular flexibility index (Phi) is 5.75. The predicted molar refractivity (Wildman–Crippen MR) is 123 cm³/mol. The highest BCUT2D eigenvalue weighted by Crippen LogP contribution is 2.31. The Bertz CT molecular complexity index is 1120. The summed E-state index contributed by atoms with van der Waals surface area (Å²) in [4.78, 5) is 27.8. The topological polar surface area (TPSA) is 75.6 Å². The number of aromatic nitrogens is 1. The number of ketones is 1. The lowest BCUT2D eigenvalue weighted by atomic mass is 10.0. The lowest BCUT2D eigenvalue weighted by Gasteiger charge is -2.25. The van der Waals surface area contributed by atoms with E-state index in [-0.39, 0.29) is 11.7 Å². The van der Waals surface area contributed by atoms with Crippen LogP contribution in [0.2, 0.25) is 0 Å². The van der Waals surface area contributed by atoms with E-state index in [2.05, 4.69) is 26.2 Å². The Morgan fingerprint density at radius 3 is 2.59 bits per heavy atom. The molecule has 1 aromatic heterocycles. The molecule has 0 bridgehead atoms. The molecule has 2 aliphatic rings. The molecule has 7 nitrogen and oxygen atoms in total. The summed E-state index contributed by atoms with van der Waals surface area (Å²) in [5, 5.41) is 6.35. The van der Waals surface area contributed by atoms with E-state index in [0.717, 1.165) is 36.6 Å². The predicted octanol–water partition coefficient (Wildman–Crippen LogP) is 3.16. The Hall–Kier alpha value is -3.42. The number of carbonyl (C=O) groups excluding carboxylic acids is 2. The molecule has 1 amide bonds. The summed E-state index contributed by atoms with van der Waals surface area (Å²) in [6, 6.07) is 18.7. The minimum Gasteiger partial charge on any atom is -0.379 e. The van der Waals surface area contributed by atoms with Crippen molar-refractivity contribution in [2.45, 2.75) is 12.6 Å². The van der Waals surface area contributed by atoms with Crippen molar-refractivity contribution in [3.8, 4) is 0 Å². The molecule has 164 valence electrons. The summed E-state index contributed by atoms with van der Waals surface area (Å²) in [5.41, 5.74) is 4.34. The van der Waals surface area contributed by atoms with Crippen LogP contribution in [0.5, 0.6) is 0 Å². The SMILES string of the molecule is O=C(CN1CCOCC1)Nc1ccc(C(=O)C2Nc3ccccc3Cn3cccc32)cc1. The van der Waals surface area contributed by atoms with Crippen LogP contribution in [-0.2, 0) is 16.1 Å². The van der Waals surface area contributed by atoms with Crippen LogP contribution >= 0.6 is 0 Å². The average molecular weight is 431 g/mol. The summed E-state index contributed by atoms with van der Waals surface area (Å²) in [6.07, 6.45) is 2.01. The monoisotopic (exact) mass is 430 g/mol. The first-order valence-electron chi connectivity index (χ1n) is 10.9. The van der Waals surface area contributed by atoms with Crippen molar-refractivity contribution in [2.75, 3.05) is 43.5 Å².